The number of hydrogen-bond donors (Lipinski definition) is 2. The predicted molar refractivity (Wildman–Crippen MR) is 85.8 cm³/mol. The lowest BCUT2D eigenvalue weighted by molar-refractivity contribution is 0.431. The van der Waals surface area contributed by atoms with Gasteiger partial charge in [0.15, 0.2) is 17.5 Å². The largest absolute Gasteiger partial charge is 0.505 e. The van der Waals surface area contributed by atoms with Crippen LogP contribution in [0.1, 0.15) is 11.1 Å². The Labute approximate surface area is 128 Å². The Morgan fingerprint density at radius 3 is 2.91 bits per heavy atom. The summed E-state index contributed by atoms with van der Waals surface area (Å²) in [7, 11) is 1.74. The van der Waals surface area contributed by atoms with Gasteiger partial charge in [0.2, 0.25) is 0 Å². The zero-order valence-corrected chi connectivity index (χ0v) is 12.4. The molecule has 0 fully saturated rings. The lowest BCUT2D eigenvalue weighted by Gasteiger charge is -2.22. The van der Waals surface area contributed by atoms with E-state index in [2.05, 4.69) is 27.3 Å². The second kappa shape index (κ2) is 6.05. The molecule has 2 aromatic rings. The van der Waals surface area contributed by atoms with Crippen molar-refractivity contribution in [2.45, 2.75) is 13.0 Å². The molecule has 2 N–H and O–H groups in total. The molecule has 1 aliphatic heterocycles. The van der Waals surface area contributed by atoms with Gasteiger partial charge in [-0.05, 0) is 35.7 Å². The van der Waals surface area contributed by atoms with Crippen LogP contribution in [0.5, 0.6) is 5.75 Å². The van der Waals surface area contributed by atoms with Gasteiger partial charge in [0, 0.05) is 25.8 Å². The molecule has 0 radical (unpaired) electrons. The molecule has 5 heteroatoms. The number of para-hydroxylation sites is 1. The third-order valence-electron chi connectivity index (χ3n) is 3.82. The number of nitrogens with zero attached hydrogens (tertiary/aromatic N) is 2. The van der Waals surface area contributed by atoms with Gasteiger partial charge in [-0.2, -0.15) is 0 Å². The number of rotatable bonds is 2. The van der Waals surface area contributed by atoms with Gasteiger partial charge in [-0.3, -0.25) is 4.99 Å². The fourth-order valence-electron chi connectivity index (χ4n) is 2.69. The summed E-state index contributed by atoms with van der Waals surface area (Å²) < 4.78 is 13.4. The summed E-state index contributed by atoms with van der Waals surface area (Å²) in [6.07, 6.45) is 0.991. The van der Waals surface area contributed by atoms with Gasteiger partial charge in [0.25, 0.3) is 0 Å². The van der Waals surface area contributed by atoms with E-state index in [-0.39, 0.29) is 5.75 Å². The first-order chi connectivity index (χ1) is 10.7. The van der Waals surface area contributed by atoms with E-state index in [0.29, 0.717) is 6.54 Å². The molecule has 0 atom stereocenters. The van der Waals surface area contributed by atoms with Gasteiger partial charge < -0.3 is 15.3 Å². The third-order valence-corrected chi connectivity index (χ3v) is 3.82. The van der Waals surface area contributed by atoms with Gasteiger partial charge in [0.1, 0.15) is 0 Å². The monoisotopic (exact) mass is 299 g/mol. The average Bonchev–Trinajstić information content (AvgIpc) is 2.96. The molecule has 4 nitrogen and oxygen atoms in total. The second-order valence-electron chi connectivity index (χ2n) is 5.22. The summed E-state index contributed by atoms with van der Waals surface area (Å²) in [4.78, 5) is 6.44. The summed E-state index contributed by atoms with van der Waals surface area (Å²) in [6.45, 7) is 1.32. The molecular formula is C17H18FN3O. The van der Waals surface area contributed by atoms with Gasteiger partial charge in [-0.25, -0.2) is 4.39 Å². The minimum Gasteiger partial charge on any atom is -0.505 e. The second-order valence-corrected chi connectivity index (χ2v) is 5.22. The van der Waals surface area contributed by atoms with Crippen LogP contribution in [0.4, 0.5) is 10.1 Å². The van der Waals surface area contributed by atoms with Crippen LogP contribution in [0.15, 0.2) is 47.5 Å². The number of nitrogens with one attached hydrogen (secondary N) is 1. The molecule has 1 aliphatic rings. The number of fused-ring (bicyclic) bond motifs is 1. The van der Waals surface area contributed by atoms with E-state index < -0.39 is 5.82 Å². The fourth-order valence-corrected chi connectivity index (χ4v) is 2.69. The lowest BCUT2D eigenvalue weighted by Crippen LogP contribution is -2.40. The lowest BCUT2D eigenvalue weighted by atomic mass is 10.2. The van der Waals surface area contributed by atoms with Crippen LogP contribution in [0, 0.1) is 5.82 Å². The van der Waals surface area contributed by atoms with Crippen molar-refractivity contribution in [2.24, 2.45) is 4.99 Å². The summed E-state index contributed by atoms with van der Waals surface area (Å²) in [6, 6.07) is 12.6. The summed E-state index contributed by atoms with van der Waals surface area (Å²) in [5, 5.41) is 12.5. The molecule has 0 saturated carbocycles. The average molecular weight is 299 g/mol. The molecule has 0 amide bonds. The van der Waals surface area contributed by atoms with Gasteiger partial charge in [-0.15, -0.1) is 0 Å². The van der Waals surface area contributed by atoms with E-state index in [1.807, 2.05) is 12.1 Å². The molecule has 2 aromatic carbocycles. The highest BCUT2D eigenvalue weighted by Gasteiger charge is 2.22. The molecule has 22 heavy (non-hydrogen) atoms. The van der Waals surface area contributed by atoms with E-state index in [0.717, 1.165) is 30.2 Å². The first-order valence-corrected chi connectivity index (χ1v) is 7.22. The van der Waals surface area contributed by atoms with E-state index in [1.165, 1.54) is 17.7 Å². The molecule has 0 aromatic heterocycles. The molecule has 114 valence electrons. The number of aromatic hydroxyl groups is 1. The van der Waals surface area contributed by atoms with Crippen molar-refractivity contribution in [3.8, 4) is 5.75 Å². The van der Waals surface area contributed by atoms with E-state index >= 15 is 0 Å². The normalized spacial score (nSPS) is 14.1. The van der Waals surface area contributed by atoms with Crippen LogP contribution in [-0.2, 0) is 13.0 Å². The van der Waals surface area contributed by atoms with Crippen LogP contribution >= 0.6 is 0 Å². The molecule has 0 spiro atoms. The first kappa shape index (κ1) is 14.4. The molecule has 1 heterocycles. The third kappa shape index (κ3) is 2.74. The van der Waals surface area contributed by atoms with Crippen molar-refractivity contribution in [2.75, 3.05) is 18.5 Å². The maximum Gasteiger partial charge on any atom is 0.198 e. The van der Waals surface area contributed by atoms with Gasteiger partial charge >= 0.3 is 0 Å². The smallest absolute Gasteiger partial charge is 0.198 e. The molecule has 0 unspecified atom stereocenters. The van der Waals surface area contributed by atoms with Crippen LogP contribution in [0.2, 0.25) is 0 Å². The molecular weight excluding hydrogens is 281 g/mol. The quantitative estimate of drug-likeness (QED) is 0.662. The van der Waals surface area contributed by atoms with Crippen molar-refractivity contribution in [1.29, 1.82) is 0 Å². The number of phenolic OH excluding ortho intramolecular Hbond substituents is 1. The maximum absolute atomic E-state index is 13.4. The Balaban J connectivity index is 1.72. The minimum atomic E-state index is -0.610. The Kier molecular flexibility index (Phi) is 3.96. The predicted octanol–water partition coefficient (Wildman–Crippen LogP) is 2.67. The van der Waals surface area contributed by atoms with E-state index in [9.17, 15) is 9.50 Å². The number of guanidine groups is 1. The van der Waals surface area contributed by atoms with E-state index in [1.54, 1.807) is 13.1 Å². The standard InChI is InChI=1S/C17H18FN3O/c1-19-17(20-11-12-6-7-16(22)14(18)10-12)21-9-8-13-4-2-3-5-15(13)21/h2-7,10,22H,8-9,11H2,1H3,(H,19,20). The number of benzene rings is 2. The Morgan fingerprint density at radius 2 is 2.14 bits per heavy atom. The van der Waals surface area contributed by atoms with Gasteiger partial charge in [0.05, 0.1) is 0 Å². The van der Waals surface area contributed by atoms with Crippen LogP contribution in [0.25, 0.3) is 0 Å². The number of phenols is 1. The first-order valence-electron chi connectivity index (χ1n) is 7.22. The van der Waals surface area contributed by atoms with Crippen molar-refractivity contribution in [3.05, 3.63) is 59.4 Å². The zero-order valence-electron chi connectivity index (χ0n) is 12.4. The summed E-state index contributed by atoms with van der Waals surface area (Å²) in [5.74, 6) is -0.180. The Morgan fingerprint density at radius 1 is 1.32 bits per heavy atom. The number of aliphatic imine (C=N–C) groups is 1. The number of halogens is 1. The Bertz CT molecular complexity index is 715. The molecule has 3 rings (SSSR count). The maximum atomic E-state index is 13.4. The van der Waals surface area contributed by atoms with Crippen LogP contribution < -0.4 is 10.2 Å². The molecule has 0 aliphatic carbocycles. The van der Waals surface area contributed by atoms with Gasteiger partial charge in [-0.1, -0.05) is 24.3 Å². The highest BCUT2D eigenvalue weighted by Crippen LogP contribution is 2.27. The Hall–Kier alpha value is -2.56. The van der Waals surface area contributed by atoms with Crippen molar-refractivity contribution in [3.63, 3.8) is 0 Å². The highest BCUT2D eigenvalue weighted by atomic mass is 19.1. The molecule has 0 bridgehead atoms. The van der Waals surface area contributed by atoms with Crippen LogP contribution in [-0.4, -0.2) is 24.7 Å². The topological polar surface area (TPSA) is 47.9 Å². The van der Waals surface area contributed by atoms with Crippen molar-refractivity contribution < 1.29 is 9.50 Å². The SMILES string of the molecule is CN=C(NCc1ccc(O)c(F)c1)N1CCc2ccccc21. The zero-order chi connectivity index (χ0) is 15.5. The number of anilines is 1. The number of hydrogen-bond acceptors (Lipinski definition) is 2. The van der Waals surface area contributed by atoms with Crippen molar-refractivity contribution in [1.82, 2.24) is 5.32 Å². The van der Waals surface area contributed by atoms with E-state index in [4.69, 9.17) is 0 Å². The fraction of sp³-hybridized carbons (Fsp3) is 0.235. The minimum absolute atomic E-state index is 0.332. The summed E-state index contributed by atoms with van der Waals surface area (Å²) in [5.41, 5.74) is 3.22. The molecule has 0 saturated heterocycles. The van der Waals surface area contributed by atoms with Crippen LogP contribution in [0.3, 0.4) is 0 Å². The summed E-state index contributed by atoms with van der Waals surface area (Å²) >= 11 is 0. The highest BCUT2D eigenvalue weighted by molar-refractivity contribution is 5.97. The van der Waals surface area contributed by atoms with Crippen molar-refractivity contribution >= 4 is 11.6 Å².